The Morgan fingerprint density at radius 1 is 1.14 bits per heavy atom. The van der Waals surface area contributed by atoms with Crippen LogP contribution in [0.2, 0.25) is 5.02 Å². The number of rotatable bonds is 6. The molecule has 1 aliphatic heterocycles. The average Bonchev–Trinajstić information content (AvgIpc) is 3.27. The Labute approximate surface area is 205 Å². The molecule has 0 bridgehead atoms. The first-order valence-corrected chi connectivity index (χ1v) is 11.6. The summed E-state index contributed by atoms with van der Waals surface area (Å²) in [7, 11) is 0. The van der Waals surface area contributed by atoms with Crippen LogP contribution in [-0.2, 0) is 22.6 Å². The molecule has 1 saturated heterocycles. The SMILES string of the molecule is NC(=O)n1cc(CC(=O)N2[C@H](C(=O)NCc3cccc(Cl)c3F)C[C@@]3(CO)C[C@@H]23)c2ccccc21. The lowest BCUT2D eigenvalue weighted by atomic mass is 10.00. The van der Waals surface area contributed by atoms with Crippen LogP contribution in [0.1, 0.15) is 24.0 Å². The van der Waals surface area contributed by atoms with Gasteiger partial charge in [0.25, 0.3) is 0 Å². The van der Waals surface area contributed by atoms with Gasteiger partial charge in [0.05, 0.1) is 23.6 Å². The number of halogens is 2. The van der Waals surface area contributed by atoms with E-state index in [2.05, 4.69) is 5.32 Å². The van der Waals surface area contributed by atoms with Crippen LogP contribution < -0.4 is 11.1 Å². The van der Waals surface area contributed by atoms with Crippen LogP contribution in [0, 0.1) is 11.2 Å². The number of carbonyl (C=O) groups is 3. The molecule has 2 heterocycles. The predicted molar refractivity (Wildman–Crippen MR) is 127 cm³/mol. The molecule has 3 amide bonds. The maximum absolute atomic E-state index is 14.2. The van der Waals surface area contributed by atoms with Crippen LogP contribution >= 0.6 is 11.6 Å². The van der Waals surface area contributed by atoms with Gasteiger partial charge >= 0.3 is 6.03 Å². The van der Waals surface area contributed by atoms with Gasteiger partial charge in [0.1, 0.15) is 11.9 Å². The summed E-state index contributed by atoms with van der Waals surface area (Å²) < 4.78 is 15.5. The van der Waals surface area contributed by atoms with E-state index in [-0.39, 0.29) is 42.1 Å². The number of para-hydroxylation sites is 1. The summed E-state index contributed by atoms with van der Waals surface area (Å²) in [5.41, 5.74) is 6.44. The average molecular weight is 499 g/mol. The molecular weight excluding hydrogens is 475 g/mol. The minimum absolute atomic E-state index is 0.0362. The molecule has 3 atom stereocenters. The summed E-state index contributed by atoms with van der Waals surface area (Å²) >= 11 is 5.82. The van der Waals surface area contributed by atoms with E-state index in [1.54, 1.807) is 36.5 Å². The molecule has 182 valence electrons. The predicted octanol–water partition coefficient (Wildman–Crippen LogP) is 2.57. The van der Waals surface area contributed by atoms with E-state index in [0.29, 0.717) is 23.9 Å². The quantitative estimate of drug-likeness (QED) is 0.484. The van der Waals surface area contributed by atoms with Gasteiger partial charge in [-0.05, 0) is 30.5 Å². The zero-order valence-corrected chi connectivity index (χ0v) is 19.5. The second-order valence-electron chi connectivity index (χ2n) is 9.25. The number of benzene rings is 2. The summed E-state index contributed by atoms with van der Waals surface area (Å²) in [6.45, 7) is -0.207. The lowest BCUT2D eigenvalue weighted by Crippen LogP contribution is -2.48. The number of aromatic nitrogens is 1. The molecule has 10 heteroatoms. The summed E-state index contributed by atoms with van der Waals surface area (Å²) in [5.74, 6) is -1.31. The molecule has 1 saturated carbocycles. The molecule has 0 unspecified atom stereocenters. The van der Waals surface area contributed by atoms with Crippen LogP contribution in [0.15, 0.2) is 48.7 Å². The van der Waals surface area contributed by atoms with Crippen molar-refractivity contribution in [2.75, 3.05) is 6.61 Å². The molecule has 3 aromatic rings. The van der Waals surface area contributed by atoms with Crippen molar-refractivity contribution in [2.45, 2.75) is 37.9 Å². The van der Waals surface area contributed by atoms with Crippen molar-refractivity contribution in [1.29, 1.82) is 0 Å². The molecule has 8 nitrogen and oxygen atoms in total. The van der Waals surface area contributed by atoms with Crippen LogP contribution in [0.4, 0.5) is 9.18 Å². The number of hydrogen-bond donors (Lipinski definition) is 3. The molecule has 2 fully saturated rings. The van der Waals surface area contributed by atoms with E-state index >= 15 is 0 Å². The zero-order chi connectivity index (χ0) is 24.9. The highest BCUT2D eigenvalue weighted by Crippen LogP contribution is 2.59. The van der Waals surface area contributed by atoms with Crippen LogP contribution in [0.5, 0.6) is 0 Å². The van der Waals surface area contributed by atoms with Crippen molar-refractivity contribution in [3.63, 3.8) is 0 Å². The monoisotopic (exact) mass is 498 g/mol. The highest BCUT2D eigenvalue weighted by atomic mass is 35.5. The van der Waals surface area contributed by atoms with E-state index < -0.39 is 29.2 Å². The number of aliphatic hydroxyl groups excluding tert-OH is 1. The summed E-state index contributed by atoms with van der Waals surface area (Å²) in [6.07, 6.45) is 2.45. The zero-order valence-electron chi connectivity index (χ0n) is 18.7. The fourth-order valence-corrected chi connectivity index (χ4v) is 5.45. The van der Waals surface area contributed by atoms with Gasteiger partial charge in [-0.2, -0.15) is 0 Å². The van der Waals surface area contributed by atoms with E-state index in [1.807, 2.05) is 0 Å². The van der Waals surface area contributed by atoms with Gasteiger partial charge in [-0.3, -0.25) is 14.2 Å². The van der Waals surface area contributed by atoms with Crippen LogP contribution in [0.3, 0.4) is 0 Å². The summed E-state index contributed by atoms with van der Waals surface area (Å²) in [4.78, 5) is 40.0. The van der Waals surface area contributed by atoms with Gasteiger partial charge in [-0.25, -0.2) is 9.18 Å². The van der Waals surface area contributed by atoms with Crippen molar-refractivity contribution in [1.82, 2.24) is 14.8 Å². The lowest BCUT2D eigenvalue weighted by Gasteiger charge is -2.27. The Kier molecular flexibility index (Phi) is 5.77. The second-order valence-corrected chi connectivity index (χ2v) is 9.66. The van der Waals surface area contributed by atoms with Gasteiger partial charge < -0.3 is 21.1 Å². The number of amides is 3. The fraction of sp³-hybridized carbons (Fsp3) is 0.320. The maximum atomic E-state index is 14.2. The van der Waals surface area contributed by atoms with Crippen molar-refractivity contribution >= 4 is 40.3 Å². The van der Waals surface area contributed by atoms with Crippen LogP contribution in [-0.4, -0.2) is 51.1 Å². The third-order valence-electron chi connectivity index (χ3n) is 7.18. The number of carbonyl (C=O) groups excluding carboxylic acids is 3. The number of aliphatic hydroxyl groups is 1. The third-order valence-corrected chi connectivity index (χ3v) is 7.47. The number of likely N-dealkylation sites (tertiary alicyclic amines) is 1. The molecule has 5 rings (SSSR count). The maximum Gasteiger partial charge on any atom is 0.323 e. The number of nitrogens with two attached hydrogens (primary N) is 1. The number of nitrogens with one attached hydrogen (secondary N) is 1. The normalized spacial score (nSPS) is 22.8. The van der Waals surface area contributed by atoms with Gasteiger partial charge in [0.15, 0.2) is 0 Å². The highest BCUT2D eigenvalue weighted by Gasteiger charge is 2.66. The summed E-state index contributed by atoms with van der Waals surface area (Å²) in [5, 5.41) is 13.3. The topological polar surface area (TPSA) is 118 Å². The molecular formula is C25H24ClFN4O4. The van der Waals surface area contributed by atoms with E-state index in [4.69, 9.17) is 17.3 Å². The van der Waals surface area contributed by atoms with Gasteiger partial charge in [0, 0.05) is 35.1 Å². The van der Waals surface area contributed by atoms with Crippen molar-refractivity contribution in [2.24, 2.45) is 11.1 Å². The Balaban J connectivity index is 1.37. The third kappa shape index (κ3) is 3.94. The lowest BCUT2D eigenvalue weighted by molar-refractivity contribution is -0.139. The highest BCUT2D eigenvalue weighted by molar-refractivity contribution is 6.30. The van der Waals surface area contributed by atoms with Gasteiger partial charge in [-0.15, -0.1) is 0 Å². The minimum atomic E-state index is -0.792. The summed E-state index contributed by atoms with van der Waals surface area (Å²) in [6, 6.07) is 9.98. The molecule has 0 radical (unpaired) electrons. The number of fused-ring (bicyclic) bond motifs is 2. The van der Waals surface area contributed by atoms with Crippen LogP contribution in [0.25, 0.3) is 10.9 Å². The molecule has 35 heavy (non-hydrogen) atoms. The van der Waals surface area contributed by atoms with Crippen molar-refractivity contribution in [3.05, 3.63) is 70.6 Å². The Morgan fingerprint density at radius 3 is 2.66 bits per heavy atom. The molecule has 1 aliphatic carbocycles. The Hall–Kier alpha value is -3.43. The number of hydrogen-bond acceptors (Lipinski definition) is 4. The van der Waals surface area contributed by atoms with E-state index in [0.717, 1.165) is 5.39 Å². The molecule has 1 aromatic heterocycles. The minimum Gasteiger partial charge on any atom is -0.396 e. The van der Waals surface area contributed by atoms with Crippen molar-refractivity contribution in [3.8, 4) is 0 Å². The molecule has 2 aliphatic rings. The smallest absolute Gasteiger partial charge is 0.323 e. The molecule has 2 aromatic carbocycles. The molecule has 4 N–H and O–H groups in total. The fourth-order valence-electron chi connectivity index (χ4n) is 5.25. The largest absolute Gasteiger partial charge is 0.396 e. The number of primary amides is 1. The first-order chi connectivity index (χ1) is 16.8. The first-order valence-electron chi connectivity index (χ1n) is 11.3. The van der Waals surface area contributed by atoms with Crippen molar-refractivity contribution < 1.29 is 23.9 Å². The Morgan fingerprint density at radius 2 is 1.91 bits per heavy atom. The van der Waals surface area contributed by atoms with E-state index in [1.165, 1.54) is 21.6 Å². The standard InChI is InChI=1S/C25H24ClFN4O4/c26-17-6-3-4-14(22(17)27)11-29-23(34)19-9-25(13-32)10-20(25)31(19)21(33)8-15-12-30(24(28)35)18-7-2-1-5-16(15)18/h1-7,12,19-20,32H,8-11,13H2,(H2,28,35)(H,29,34)/t19-,20+,25-/m0/s1. The number of nitrogens with zero attached hydrogens (tertiary/aromatic N) is 2. The second kappa shape index (κ2) is 8.66. The molecule has 0 spiro atoms. The first kappa shape index (κ1) is 23.3. The van der Waals surface area contributed by atoms with Gasteiger partial charge in [0.2, 0.25) is 11.8 Å². The van der Waals surface area contributed by atoms with Gasteiger partial charge in [-0.1, -0.05) is 41.9 Å². The Bertz CT molecular complexity index is 1360. The number of piperidine rings is 1. The van der Waals surface area contributed by atoms with E-state index in [9.17, 15) is 23.9 Å².